The molecule has 0 radical (unpaired) electrons. The van der Waals surface area contributed by atoms with Crippen molar-refractivity contribution >= 4 is 28.2 Å². The number of nitro benzene ring substituents is 1. The number of aromatic nitrogens is 1. The minimum Gasteiger partial charge on any atom is -0.493 e. The van der Waals surface area contributed by atoms with Crippen LogP contribution < -0.4 is 0 Å². The maximum atomic E-state index is 12.3. The number of rotatable bonds is 5. The molecule has 138 valence electrons. The van der Waals surface area contributed by atoms with Crippen LogP contribution in [0.4, 0.5) is 11.4 Å². The monoisotopic (exact) mass is 366 g/mol. The second-order valence-electron chi connectivity index (χ2n) is 6.51. The fraction of sp³-hybridized carbons (Fsp3) is 0.211. The number of aromatic hydroxyl groups is 1. The first-order valence-corrected chi connectivity index (χ1v) is 8.39. The molecule has 1 N–H and O–H groups in total. The van der Waals surface area contributed by atoms with E-state index in [4.69, 9.17) is 0 Å². The molecule has 0 spiro atoms. The predicted octanol–water partition coefficient (Wildman–Crippen LogP) is 4.84. The first-order chi connectivity index (χ1) is 12.9. The first-order valence-electron chi connectivity index (χ1n) is 8.39. The molecule has 0 atom stereocenters. The average Bonchev–Trinajstić information content (AvgIpc) is 2.91. The van der Waals surface area contributed by atoms with Crippen LogP contribution in [-0.4, -0.2) is 20.5 Å². The number of amides is 1. The second kappa shape index (κ2) is 7.36. The van der Waals surface area contributed by atoms with Crippen LogP contribution in [0.25, 0.3) is 10.9 Å². The van der Waals surface area contributed by atoms with Crippen molar-refractivity contribution in [3.05, 3.63) is 64.2 Å². The standard InChI is InChI=1S/C19H18N4O4/c1-12(2)11-22-16-9-4-3-8-15(16)17(19(22)25)20-21-18(24)13-6-5-7-14(10-13)23(26)27/h3-10,12,25H,11H2,1-2H3. The molecule has 0 aliphatic heterocycles. The summed E-state index contributed by atoms with van der Waals surface area (Å²) in [4.78, 5) is 22.5. The van der Waals surface area contributed by atoms with E-state index >= 15 is 0 Å². The number of hydrogen-bond acceptors (Lipinski definition) is 5. The van der Waals surface area contributed by atoms with Gasteiger partial charge in [-0.15, -0.1) is 10.2 Å². The minimum atomic E-state index is -0.723. The largest absolute Gasteiger partial charge is 0.493 e. The smallest absolute Gasteiger partial charge is 0.295 e. The first kappa shape index (κ1) is 18.2. The number of para-hydroxylation sites is 1. The number of benzene rings is 2. The van der Waals surface area contributed by atoms with Gasteiger partial charge in [-0.05, 0) is 18.1 Å². The molecule has 0 unspecified atom stereocenters. The Morgan fingerprint density at radius 3 is 2.67 bits per heavy atom. The number of non-ortho nitro benzene ring substituents is 1. The van der Waals surface area contributed by atoms with E-state index in [0.717, 1.165) is 11.6 Å². The Kier molecular flexibility index (Phi) is 4.98. The third kappa shape index (κ3) is 3.69. The van der Waals surface area contributed by atoms with Gasteiger partial charge in [0.25, 0.3) is 11.6 Å². The number of carbonyl (C=O) groups excluding carboxylic acids is 1. The summed E-state index contributed by atoms with van der Waals surface area (Å²) >= 11 is 0. The zero-order valence-electron chi connectivity index (χ0n) is 14.9. The molecule has 1 aromatic heterocycles. The van der Waals surface area contributed by atoms with Gasteiger partial charge in [0, 0.05) is 24.1 Å². The van der Waals surface area contributed by atoms with Crippen molar-refractivity contribution in [2.75, 3.05) is 0 Å². The molecular weight excluding hydrogens is 348 g/mol. The van der Waals surface area contributed by atoms with E-state index in [9.17, 15) is 20.0 Å². The molecule has 8 nitrogen and oxygen atoms in total. The van der Waals surface area contributed by atoms with Crippen molar-refractivity contribution in [2.45, 2.75) is 20.4 Å². The van der Waals surface area contributed by atoms with Crippen molar-refractivity contribution in [1.82, 2.24) is 4.57 Å². The highest BCUT2D eigenvalue weighted by Gasteiger charge is 2.18. The zero-order chi connectivity index (χ0) is 19.6. The zero-order valence-corrected chi connectivity index (χ0v) is 14.9. The SMILES string of the molecule is CC(C)Cn1c(O)c(N=NC(=O)c2cccc([N+](=O)[O-])c2)c2ccccc21. The molecule has 3 rings (SSSR count). The van der Waals surface area contributed by atoms with Gasteiger partial charge >= 0.3 is 0 Å². The molecule has 1 amide bonds. The lowest BCUT2D eigenvalue weighted by Gasteiger charge is -2.09. The van der Waals surface area contributed by atoms with Crippen LogP contribution in [0.1, 0.15) is 24.2 Å². The van der Waals surface area contributed by atoms with Crippen molar-refractivity contribution in [2.24, 2.45) is 16.1 Å². The number of azo groups is 1. The van der Waals surface area contributed by atoms with Gasteiger partial charge in [-0.1, -0.05) is 38.1 Å². The Morgan fingerprint density at radius 1 is 1.22 bits per heavy atom. The summed E-state index contributed by atoms with van der Waals surface area (Å²) in [5, 5.41) is 29.7. The Labute approximate surface area is 154 Å². The predicted molar refractivity (Wildman–Crippen MR) is 100 cm³/mol. The van der Waals surface area contributed by atoms with Gasteiger partial charge in [-0.3, -0.25) is 14.9 Å². The molecular formula is C19H18N4O4. The van der Waals surface area contributed by atoms with Crippen LogP contribution in [0.3, 0.4) is 0 Å². The fourth-order valence-electron chi connectivity index (χ4n) is 2.83. The third-order valence-electron chi connectivity index (χ3n) is 4.01. The van der Waals surface area contributed by atoms with Gasteiger partial charge in [-0.25, -0.2) is 0 Å². The quantitative estimate of drug-likeness (QED) is 0.396. The van der Waals surface area contributed by atoms with E-state index in [2.05, 4.69) is 10.2 Å². The van der Waals surface area contributed by atoms with Crippen LogP contribution in [0, 0.1) is 16.0 Å². The molecule has 8 heteroatoms. The molecule has 2 aromatic carbocycles. The highest BCUT2D eigenvalue weighted by Crippen LogP contribution is 2.39. The highest BCUT2D eigenvalue weighted by molar-refractivity contribution is 5.97. The van der Waals surface area contributed by atoms with E-state index in [-0.39, 0.29) is 22.8 Å². The molecule has 0 saturated carbocycles. The number of carbonyl (C=O) groups is 1. The summed E-state index contributed by atoms with van der Waals surface area (Å²) < 4.78 is 1.73. The Balaban J connectivity index is 1.99. The maximum absolute atomic E-state index is 12.3. The second-order valence-corrected chi connectivity index (χ2v) is 6.51. The van der Waals surface area contributed by atoms with Crippen LogP contribution in [-0.2, 0) is 6.54 Å². The Bertz CT molecular complexity index is 1050. The summed E-state index contributed by atoms with van der Waals surface area (Å²) in [6.45, 7) is 4.64. The topological polar surface area (TPSA) is 110 Å². The molecule has 0 fully saturated rings. The van der Waals surface area contributed by atoms with E-state index < -0.39 is 10.8 Å². The molecule has 0 bridgehead atoms. The van der Waals surface area contributed by atoms with Crippen molar-refractivity contribution in [3.63, 3.8) is 0 Å². The number of fused-ring (bicyclic) bond motifs is 1. The number of hydrogen-bond donors (Lipinski definition) is 1. The van der Waals surface area contributed by atoms with Gasteiger partial charge in [0.1, 0.15) is 0 Å². The lowest BCUT2D eigenvalue weighted by Crippen LogP contribution is -2.03. The Morgan fingerprint density at radius 2 is 1.96 bits per heavy atom. The van der Waals surface area contributed by atoms with E-state index in [1.165, 1.54) is 18.2 Å². The number of nitrogens with zero attached hydrogens (tertiary/aromatic N) is 4. The Hall–Kier alpha value is -3.55. The lowest BCUT2D eigenvalue weighted by atomic mass is 10.2. The third-order valence-corrected chi connectivity index (χ3v) is 4.01. The van der Waals surface area contributed by atoms with Crippen LogP contribution in [0.5, 0.6) is 5.88 Å². The van der Waals surface area contributed by atoms with Gasteiger partial charge in [-0.2, -0.15) is 0 Å². The van der Waals surface area contributed by atoms with Gasteiger partial charge < -0.3 is 9.67 Å². The molecule has 1 heterocycles. The maximum Gasteiger partial charge on any atom is 0.295 e. The van der Waals surface area contributed by atoms with Crippen molar-refractivity contribution in [1.29, 1.82) is 0 Å². The van der Waals surface area contributed by atoms with Crippen LogP contribution in [0.2, 0.25) is 0 Å². The molecule has 0 saturated heterocycles. The lowest BCUT2D eigenvalue weighted by molar-refractivity contribution is -0.384. The normalized spacial score (nSPS) is 11.5. The van der Waals surface area contributed by atoms with Gasteiger partial charge in [0.15, 0.2) is 5.69 Å². The van der Waals surface area contributed by atoms with Crippen LogP contribution >= 0.6 is 0 Å². The van der Waals surface area contributed by atoms with E-state index in [0.29, 0.717) is 17.8 Å². The molecule has 3 aromatic rings. The van der Waals surface area contributed by atoms with Crippen molar-refractivity contribution in [3.8, 4) is 5.88 Å². The van der Waals surface area contributed by atoms with Crippen LogP contribution in [0.15, 0.2) is 58.8 Å². The van der Waals surface area contributed by atoms with Gasteiger partial charge in [0.2, 0.25) is 5.88 Å². The summed E-state index contributed by atoms with van der Waals surface area (Å²) in [7, 11) is 0. The average molecular weight is 366 g/mol. The molecule has 0 aliphatic carbocycles. The molecule has 0 aliphatic rings. The number of nitro groups is 1. The summed E-state index contributed by atoms with van der Waals surface area (Å²) in [5.74, 6) is -0.498. The van der Waals surface area contributed by atoms with Gasteiger partial charge in [0.05, 0.1) is 16.0 Å². The summed E-state index contributed by atoms with van der Waals surface area (Å²) in [5.41, 5.74) is 0.844. The highest BCUT2D eigenvalue weighted by atomic mass is 16.6. The minimum absolute atomic E-state index is 0.0540. The van der Waals surface area contributed by atoms with E-state index in [1.807, 2.05) is 32.0 Å². The summed E-state index contributed by atoms with van der Waals surface area (Å²) in [6.07, 6.45) is 0. The molecule has 27 heavy (non-hydrogen) atoms. The summed E-state index contributed by atoms with van der Waals surface area (Å²) in [6, 6.07) is 12.6. The fourth-order valence-corrected chi connectivity index (χ4v) is 2.83. The van der Waals surface area contributed by atoms with E-state index in [1.54, 1.807) is 10.6 Å². The van der Waals surface area contributed by atoms with Crippen molar-refractivity contribution < 1.29 is 14.8 Å².